The molecule has 0 saturated heterocycles. The van der Waals surface area contributed by atoms with Crippen LogP contribution in [0.1, 0.15) is 44.6 Å². The molecule has 0 radical (unpaired) electrons. The van der Waals surface area contributed by atoms with Crippen LogP contribution in [0.3, 0.4) is 0 Å². The SMILES string of the molecule is CC(CS(C)(=O)=O)NCC1(c2ccccc2)CCCCC1. The van der Waals surface area contributed by atoms with Crippen molar-refractivity contribution in [3.63, 3.8) is 0 Å². The predicted octanol–water partition coefficient (Wildman–Crippen LogP) is 2.91. The molecule has 1 aliphatic rings. The van der Waals surface area contributed by atoms with Crippen molar-refractivity contribution >= 4 is 9.84 Å². The summed E-state index contributed by atoms with van der Waals surface area (Å²) in [6, 6.07) is 10.7. The number of nitrogens with one attached hydrogen (secondary N) is 1. The third-order valence-corrected chi connectivity index (χ3v) is 5.64. The fraction of sp³-hybridized carbons (Fsp3) is 0.647. The maximum atomic E-state index is 11.4. The van der Waals surface area contributed by atoms with E-state index < -0.39 is 9.84 Å². The number of hydrogen-bond donors (Lipinski definition) is 1. The molecule has 1 aromatic carbocycles. The minimum Gasteiger partial charge on any atom is -0.312 e. The molecule has 1 saturated carbocycles. The highest BCUT2D eigenvalue weighted by molar-refractivity contribution is 7.90. The maximum absolute atomic E-state index is 11.4. The van der Waals surface area contributed by atoms with Crippen LogP contribution in [0.2, 0.25) is 0 Å². The van der Waals surface area contributed by atoms with Crippen molar-refractivity contribution in [3.8, 4) is 0 Å². The van der Waals surface area contributed by atoms with E-state index >= 15 is 0 Å². The molecule has 1 N–H and O–H groups in total. The molecule has 0 spiro atoms. The first-order chi connectivity index (χ1) is 9.91. The molecule has 0 amide bonds. The Kier molecular flexibility index (Phi) is 5.44. The van der Waals surface area contributed by atoms with Crippen molar-refractivity contribution in [2.75, 3.05) is 18.6 Å². The zero-order valence-electron chi connectivity index (χ0n) is 13.1. The van der Waals surface area contributed by atoms with E-state index in [0.717, 1.165) is 6.54 Å². The lowest BCUT2D eigenvalue weighted by Crippen LogP contribution is -2.44. The maximum Gasteiger partial charge on any atom is 0.148 e. The lowest BCUT2D eigenvalue weighted by atomic mass is 9.69. The molecule has 1 unspecified atom stereocenters. The smallest absolute Gasteiger partial charge is 0.148 e. The summed E-state index contributed by atoms with van der Waals surface area (Å²) in [5, 5.41) is 3.47. The third-order valence-electron chi connectivity index (χ3n) is 4.54. The van der Waals surface area contributed by atoms with E-state index in [1.807, 2.05) is 6.92 Å². The second kappa shape index (κ2) is 6.93. The minimum absolute atomic E-state index is 0.00233. The first-order valence-electron chi connectivity index (χ1n) is 7.88. The summed E-state index contributed by atoms with van der Waals surface area (Å²) in [4.78, 5) is 0. The molecular formula is C17H27NO2S. The quantitative estimate of drug-likeness (QED) is 0.879. The van der Waals surface area contributed by atoms with Gasteiger partial charge in [0.2, 0.25) is 0 Å². The van der Waals surface area contributed by atoms with Crippen molar-refractivity contribution < 1.29 is 8.42 Å². The Hall–Kier alpha value is -0.870. The van der Waals surface area contributed by atoms with Crippen LogP contribution in [0, 0.1) is 0 Å². The van der Waals surface area contributed by atoms with Gasteiger partial charge in [-0.15, -0.1) is 0 Å². The van der Waals surface area contributed by atoms with Gasteiger partial charge < -0.3 is 5.32 Å². The first kappa shape index (κ1) is 16.5. The van der Waals surface area contributed by atoms with Crippen molar-refractivity contribution in [2.45, 2.75) is 50.5 Å². The second-order valence-electron chi connectivity index (χ2n) is 6.58. The topological polar surface area (TPSA) is 46.2 Å². The number of rotatable bonds is 6. The van der Waals surface area contributed by atoms with Gasteiger partial charge >= 0.3 is 0 Å². The Bertz CT molecular complexity index is 533. The van der Waals surface area contributed by atoms with E-state index in [1.165, 1.54) is 43.9 Å². The summed E-state index contributed by atoms with van der Waals surface area (Å²) in [6.07, 6.45) is 7.52. The van der Waals surface area contributed by atoms with Crippen LogP contribution in [0.4, 0.5) is 0 Å². The summed E-state index contributed by atoms with van der Waals surface area (Å²) in [6.45, 7) is 2.83. The highest BCUT2D eigenvalue weighted by Crippen LogP contribution is 2.38. The molecule has 118 valence electrons. The molecule has 3 nitrogen and oxygen atoms in total. The summed E-state index contributed by atoms with van der Waals surface area (Å²) in [5.41, 5.74) is 1.56. The van der Waals surface area contributed by atoms with Crippen molar-refractivity contribution in [3.05, 3.63) is 35.9 Å². The lowest BCUT2D eigenvalue weighted by molar-refractivity contribution is 0.274. The number of benzene rings is 1. The van der Waals surface area contributed by atoms with E-state index in [9.17, 15) is 8.42 Å². The second-order valence-corrected chi connectivity index (χ2v) is 8.77. The van der Waals surface area contributed by atoms with Crippen molar-refractivity contribution in [1.29, 1.82) is 0 Å². The Morgan fingerprint density at radius 1 is 1.14 bits per heavy atom. The molecule has 4 heteroatoms. The Balaban J connectivity index is 2.07. The molecule has 0 aromatic heterocycles. The van der Waals surface area contributed by atoms with E-state index in [-0.39, 0.29) is 17.2 Å². The Morgan fingerprint density at radius 3 is 2.33 bits per heavy atom. The predicted molar refractivity (Wildman–Crippen MR) is 88.4 cm³/mol. The van der Waals surface area contributed by atoms with Gasteiger partial charge in [-0.05, 0) is 25.3 Å². The monoisotopic (exact) mass is 309 g/mol. The molecule has 0 heterocycles. The molecule has 0 bridgehead atoms. The Morgan fingerprint density at radius 2 is 1.76 bits per heavy atom. The van der Waals surface area contributed by atoms with Crippen molar-refractivity contribution in [2.24, 2.45) is 0 Å². The molecule has 21 heavy (non-hydrogen) atoms. The van der Waals surface area contributed by atoms with Gasteiger partial charge in [0.1, 0.15) is 9.84 Å². The van der Waals surface area contributed by atoms with Crippen LogP contribution in [-0.2, 0) is 15.3 Å². The fourth-order valence-electron chi connectivity index (χ4n) is 3.47. The van der Waals surface area contributed by atoms with Crippen LogP contribution >= 0.6 is 0 Å². The number of sulfone groups is 1. The van der Waals surface area contributed by atoms with Gasteiger partial charge in [-0.2, -0.15) is 0 Å². The highest BCUT2D eigenvalue weighted by Gasteiger charge is 2.33. The van der Waals surface area contributed by atoms with Crippen molar-refractivity contribution in [1.82, 2.24) is 5.32 Å². The fourth-order valence-corrected chi connectivity index (χ4v) is 4.50. The summed E-state index contributed by atoms with van der Waals surface area (Å²) < 4.78 is 22.8. The van der Waals surface area contributed by atoms with Crippen LogP contribution in [0.5, 0.6) is 0 Å². The zero-order chi connectivity index (χ0) is 15.3. The van der Waals surface area contributed by atoms with Gasteiger partial charge in [-0.1, -0.05) is 49.6 Å². The van der Waals surface area contributed by atoms with E-state index in [0.29, 0.717) is 0 Å². The first-order valence-corrected chi connectivity index (χ1v) is 9.94. The summed E-state index contributed by atoms with van der Waals surface area (Å²) in [7, 11) is -2.92. The van der Waals surface area contributed by atoms with Crippen LogP contribution in [-0.4, -0.2) is 33.0 Å². The number of hydrogen-bond acceptors (Lipinski definition) is 3. The van der Waals surface area contributed by atoms with Gasteiger partial charge in [0.25, 0.3) is 0 Å². The van der Waals surface area contributed by atoms with E-state index in [1.54, 1.807) is 0 Å². The van der Waals surface area contributed by atoms with Gasteiger partial charge in [-0.3, -0.25) is 0 Å². The summed E-state index contributed by atoms with van der Waals surface area (Å²) in [5.74, 6) is 0.206. The van der Waals surface area contributed by atoms with Gasteiger partial charge in [0, 0.05) is 24.3 Å². The molecule has 0 aliphatic heterocycles. The minimum atomic E-state index is -2.92. The van der Waals surface area contributed by atoms with Crippen LogP contribution in [0.15, 0.2) is 30.3 Å². The lowest BCUT2D eigenvalue weighted by Gasteiger charge is -2.39. The highest BCUT2D eigenvalue weighted by atomic mass is 32.2. The average Bonchev–Trinajstić information content (AvgIpc) is 2.45. The largest absolute Gasteiger partial charge is 0.312 e. The van der Waals surface area contributed by atoms with Gasteiger partial charge in [0.15, 0.2) is 0 Å². The van der Waals surface area contributed by atoms with Crippen LogP contribution < -0.4 is 5.32 Å². The molecule has 1 fully saturated rings. The molecular weight excluding hydrogens is 282 g/mol. The van der Waals surface area contributed by atoms with Gasteiger partial charge in [-0.25, -0.2) is 8.42 Å². The zero-order valence-corrected chi connectivity index (χ0v) is 14.0. The summed E-state index contributed by atoms with van der Waals surface area (Å²) >= 11 is 0. The normalized spacial score (nSPS) is 20.1. The molecule has 1 aromatic rings. The molecule has 1 atom stereocenters. The third kappa shape index (κ3) is 4.82. The Labute approximate surface area is 129 Å². The van der Waals surface area contributed by atoms with Gasteiger partial charge in [0.05, 0.1) is 5.75 Å². The average molecular weight is 309 g/mol. The molecule has 1 aliphatic carbocycles. The van der Waals surface area contributed by atoms with E-state index in [4.69, 9.17) is 0 Å². The van der Waals surface area contributed by atoms with E-state index in [2.05, 4.69) is 35.6 Å². The standard InChI is InChI=1S/C17H27NO2S/c1-15(13-21(2,19)20)18-14-17(11-7-4-8-12-17)16-9-5-3-6-10-16/h3,5-6,9-10,15,18H,4,7-8,11-14H2,1-2H3. The molecule has 2 rings (SSSR count). The van der Waals surface area contributed by atoms with Crippen LogP contribution in [0.25, 0.3) is 0 Å².